The van der Waals surface area contributed by atoms with Gasteiger partial charge in [-0.3, -0.25) is 13.8 Å². The van der Waals surface area contributed by atoms with Crippen molar-refractivity contribution < 1.29 is 37.3 Å². The monoisotopic (exact) mass is 600 g/mol. The number of carbonyl (C=O) groups excluding carboxylic acids is 1. The van der Waals surface area contributed by atoms with Gasteiger partial charge < -0.3 is 18.9 Å². The van der Waals surface area contributed by atoms with Gasteiger partial charge in [0.1, 0.15) is 19.3 Å². The van der Waals surface area contributed by atoms with Gasteiger partial charge in [-0.05, 0) is 44.9 Å². The largest absolute Gasteiger partial charge is 0.472 e. The number of unbranched alkanes of at least 4 members (excludes halogenated alkanes) is 5. The molecule has 0 fully saturated rings. The summed E-state index contributed by atoms with van der Waals surface area (Å²) < 4.78 is 34.3. The lowest BCUT2D eigenvalue weighted by Crippen LogP contribution is -2.37. The molecule has 0 saturated heterocycles. The lowest BCUT2D eigenvalue weighted by molar-refractivity contribution is -0.870. The van der Waals surface area contributed by atoms with E-state index < -0.39 is 13.9 Å². The number of allylic oxidation sites excluding steroid dienone is 8. The van der Waals surface area contributed by atoms with Crippen molar-refractivity contribution in [1.29, 1.82) is 0 Å². The molecular weight excluding hydrogens is 541 g/mol. The van der Waals surface area contributed by atoms with Crippen LogP contribution < -0.4 is 0 Å². The number of hydrogen-bond donors (Lipinski definition) is 1. The summed E-state index contributed by atoms with van der Waals surface area (Å²) in [5.74, 6) is -0.350. The van der Waals surface area contributed by atoms with E-state index in [0.29, 0.717) is 24.1 Å². The molecular formula is C32H59NO7P+. The van der Waals surface area contributed by atoms with Crippen molar-refractivity contribution in [2.75, 3.05) is 54.1 Å². The number of hydrogen-bond acceptors (Lipinski definition) is 6. The maximum atomic E-state index is 12.3. The Morgan fingerprint density at radius 1 is 0.780 bits per heavy atom. The highest BCUT2D eigenvalue weighted by Crippen LogP contribution is 2.43. The van der Waals surface area contributed by atoms with E-state index in [2.05, 4.69) is 62.5 Å². The number of carbonyl (C=O) groups is 1. The Balaban J connectivity index is 4.41. The number of quaternary nitrogens is 1. The Bertz CT molecular complexity index is 802. The quantitative estimate of drug-likeness (QED) is 0.0340. The van der Waals surface area contributed by atoms with Crippen LogP contribution >= 0.6 is 7.82 Å². The number of phosphoric acid groups is 1. The van der Waals surface area contributed by atoms with Crippen LogP contribution in [0.5, 0.6) is 0 Å². The molecule has 0 radical (unpaired) electrons. The highest BCUT2D eigenvalue weighted by molar-refractivity contribution is 7.47. The second-order valence-electron chi connectivity index (χ2n) is 11.1. The van der Waals surface area contributed by atoms with Gasteiger partial charge in [-0.1, -0.05) is 88.1 Å². The van der Waals surface area contributed by atoms with E-state index in [1.165, 1.54) is 0 Å². The predicted molar refractivity (Wildman–Crippen MR) is 169 cm³/mol. The molecule has 0 spiro atoms. The third-order valence-electron chi connectivity index (χ3n) is 5.90. The molecule has 2 unspecified atom stereocenters. The van der Waals surface area contributed by atoms with Gasteiger partial charge >= 0.3 is 13.8 Å². The summed E-state index contributed by atoms with van der Waals surface area (Å²) in [7, 11) is 1.62. The van der Waals surface area contributed by atoms with Crippen LogP contribution in [0.4, 0.5) is 0 Å². The topological polar surface area (TPSA) is 91.3 Å². The maximum Gasteiger partial charge on any atom is 0.472 e. The van der Waals surface area contributed by atoms with Crippen LogP contribution in [0.3, 0.4) is 0 Å². The summed E-state index contributed by atoms with van der Waals surface area (Å²) >= 11 is 0. The van der Waals surface area contributed by atoms with Crippen molar-refractivity contribution in [1.82, 2.24) is 0 Å². The maximum absolute atomic E-state index is 12.3. The minimum atomic E-state index is -4.26. The molecule has 1 N–H and O–H groups in total. The van der Waals surface area contributed by atoms with Crippen molar-refractivity contribution in [2.24, 2.45) is 0 Å². The molecule has 9 heteroatoms. The van der Waals surface area contributed by atoms with E-state index in [4.69, 9.17) is 18.5 Å². The minimum Gasteiger partial charge on any atom is -0.457 e. The summed E-state index contributed by atoms with van der Waals surface area (Å²) in [6, 6.07) is 0. The molecule has 0 saturated carbocycles. The van der Waals surface area contributed by atoms with E-state index >= 15 is 0 Å². The molecule has 238 valence electrons. The zero-order chi connectivity index (χ0) is 30.7. The predicted octanol–water partition coefficient (Wildman–Crippen LogP) is 7.70. The zero-order valence-corrected chi connectivity index (χ0v) is 27.4. The van der Waals surface area contributed by atoms with Crippen molar-refractivity contribution in [3.63, 3.8) is 0 Å². The van der Waals surface area contributed by atoms with Crippen molar-refractivity contribution in [3.8, 4) is 0 Å². The minimum absolute atomic E-state index is 0.0767. The first-order chi connectivity index (χ1) is 19.6. The number of phosphoric ester groups is 1. The fourth-order valence-electron chi connectivity index (χ4n) is 3.49. The number of rotatable bonds is 27. The highest BCUT2D eigenvalue weighted by atomic mass is 31.2. The van der Waals surface area contributed by atoms with E-state index in [1.807, 2.05) is 21.1 Å². The van der Waals surface area contributed by atoms with Gasteiger partial charge in [0.2, 0.25) is 0 Å². The lowest BCUT2D eigenvalue weighted by Gasteiger charge is -2.24. The summed E-state index contributed by atoms with van der Waals surface area (Å²) in [4.78, 5) is 22.4. The standard InChI is InChI=1S/C32H58NO7P/c1-6-8-10-12-13-14-15-16-17-18-19-20-22-24-27-37-29-31(40-32(34)25-23-21-11-9-7-2)30-39-41(35,36)38-28-26-33(3,4)5/h8,10,13-14,16-17,19-20,31H,6-7,9,11-12,15,18,21-30H2,1-5H3/p+1/b10-8-,14-13-,17-16-,20-19-. The number of likely N-dealkylation sites (N-methyl/N-ethyl adjacent to an activating group) is 1. The molecule has 8 nitrogen and oxygen atoms in total. The van der Waals surface area contributed by atoms with Crippen LogP contribution in [0, 0.1) is 0 Å². The third-order valence-corrected chi connectivity index (χ3v) is 6.89. The van der Waals surface area contributed by atoms with E-state index in [0.717, 1.165) is 70.6 Å². The average molecular weight is 601 g/mol. The van der Waals surface area contributed by atoms with Crippen LogP contribution in [0.25, 0.3) is 0 Å². The smallest absolute Gasteiger partial charge is 0.457 e. The van der Waals surface area contributed by atoms with Gasteiger partial charge in [0, 0.05) is 13.0 Å². The molecule has 41 heavy (non-hydrogen) atoms. The van der Waals surface area contributed by atoms with Gasteiger partial charge in [-0.15, -0.1) is 0 Å². The Kier molecular flexibility index (Phi) is 25.1. The van der Waals surface area contributed by atoms with Crippen LogP contribution in [0.2, 0.25) is 0 Å². The van der Waals surface area contributed by atoms with Crippen LogP contribution in [0.15, 0.2) is 48.6 Å². The highest BCUT2D eigenvalue weighted by Gasteiger charge is 2.26. The first-order valence-electron chi connectivity index (χ1n) is 15.4. The SMILES string of the molecule is CC/C=C\C/C=C\C/C=C\C/C=C\CCCOCC(COP(=O)(O)OCC[N+](C)(C)C)OC(=O)CCCCCCC. The third kappa shape index (κ3) is 29.7. The number of ether oxygens (including phenoxy) is 2. The van der Waals surface area contributed by atoms with Gasteiger partial charge in [-0.2, -0.15) is 0 Å². The molecule has 0 aliphatic heterocycles. The van der Waals surface area contributed by atoms with E-state index in [9.17, 15) is 14.3 Å². The van der Waals surface area contributed by atoms with Crippen LogP contribution in [-0.4, -0.2) is 75.6 Å². The van der Waals surface area contributed by atoms with Gasteiger partial charge in [0.15, 0.2) is 0 Å². The molecule has 0 heterocycles. The van der Waals surface area contributed by atoms with Crippen molar-refractivity contribution >= 4 is 13.8 Å². The molecule has 0 rings (SSSR count). The number of nitrogens with zero attached hydrogens (tertiary/aromatic N) is 1. The normalized spacial score (nSPS) is 15.0. The van der Waals surface area contributed by atoms with Crippen LogP contribution in [0.1, 0.15) is 90.9 Å². The Morgan fingerprint density at radius 3 is 2.00 bits per heavy atom. The summed E-state index contributed by atoms with van der Waals surface area (Å²) in [6.45, 7) is 5.22. The van der Waals surface area contributed by atoms with Gasteiger partial charge in [-0.25, -0.2) is 4.57 Å². The lowest BCUT2D eigenvalue weighted by atomic mass is 10.1. The molecule has 0 aromatic rings. The Morgan fingerprint density at radius 2 is 1.39 bits per heavy atom. The first kappa shape index (κ1) is 39.5. The summed E-state index contributed by atoms with van der Waals surface area (Å²) in [5.41, 5.74) is 0. The Hall–Kier alpha value is -1.54. The van der Waals surface area contributed by atoms with Gasteiger partial charge in [0.25, 0.3) is 0 Å². The summed E-state index contributed by atoms with van der Waals surface area (Å²) in [5, 5.41) is 0. The summed E-state index contributed by atoms with van der Waals surface area (Å²) in [6.07, 6.45) is 27.6. The fraction of sp³-hybridized carbons (Fsp3) is 0.719. The number of esters is 1. The van der Waals surface area contributed by atoms with E-state index in [1.54, 1.807) is 0 Å². The molecule has 0 aliphatic rings. The Labute approximate surface area is 250 Å². The zero-order valence-electron chi connectivity index (χ0n) is 26.5. The second-order valence-corrected chi connectivity index (χ2v) is 12.6. The fourth-order valence-corrected chi connectivity index (χ4v) is 4.24. The molecule has 0 amide bonds. The molecule has 0 aromatic heterocycles. The molecule has 0 bridgehead atoms. The van der Waals surface area contributed by atoms with Crippen molar-refractivity contribution in [3.05, 3.63) is 48.6 Å². The molecule has 0 aliphatic carbocycles. The molecule has 2 atom stereocenters. The van der Waals surface area contributed by atoms with Crippen molar-refractivity contribution in [2.45, 2.75) is 97.0 Å². The first-order valence-corrected chi connectivity index (χ1v) is 16.9. The van der Waals surface area contributed by atoms with Gasteiger partial charge in [0.05, 0.1) is 34.4 Å². The van der Waals surface area contributed by atoms with Crippen LogP contribution in [-0.2, 0) is 27.9 Å². The average Bonchev–Trinajstić information content (AvgIpc) is 2.90. The van der Waals surface area contributed by atoms with E-state index in [-0.39, 0.29) is 25.8 Å². The molecule has 0 aromatic carbocycles. The second kappa shape index (κ2) is 26.1.